The van der Waals surface area contributed by atoms with Gasteiger partial charge in [0.2, 0.25) is 0 Å². The third-order valence-electron chi connectivity index (χ3n) is 2.06. The van der Waals surface area contributed by atoms with Crippen molar-refractivity contribution in [3.8, 4) is 0 Å². The van der Waals surface area contributed by atoms with Crippen molar-refractivity contribution in [1.29, 1.82) is 0 Å². The number of ether oxygens (including phenoxy) is 2. The van der Waals surface area contributed by atoms with E-state index in [0.717, 1.165) is 0 Å². The Hall–Kier alpha value is -1.95. The van der Waals surface area contributed by atoms with Gasteiger partial charge in [0.1, 0.15) is 0 Å². The third-order valence-corrected chi connectivity index (χ3v) is 2.06. The van der Waals surface area contributed by atoms with Crippen molar-refractivity contribution in [2.75, 3.05) is 14.2 Å². The van der Waals surface area contributed by atoms with Crippen molar-refractivity contribution in [3.63, 3.8) is 0 Å². The molecule has 1 aromatic carbocycles. The normalized spacial score (nSPS) is 11.9. The van der Waals surface area contributed by atoms with E-state index >= 15 is 0 Å². The van der Waals surface area contributed by atoms with E-state index in [2.05, 4.69) is 4.74 Å². The van der Waals surface area contributed by atoms with Gasteiger partial charge in [0.25, 0.3) is 5.69 Å². The standard InChI is InChI=1S/C10H11NO5/c1-15-9(10(12)16-2)7-3-5-8(6-4-7)11(13)14/h3-6,9H,1-2H3. The molecule has 6 heteroatoms. The molecule has 0 aliphatic carbocycles. The summed E-state index contributed by atoms with van der Waals surface area (Å²) in [5, 5.41) is 10.4. The zero-order chi connectivity index (χ0) is 12.1. The molecule has 16 heavy (non-hydrogen) atoms. The summed E-state index contributed by atoms with van der Waals surface area (Å²) in [6, 6.07) is 5.54. The molecule has 6 nitrogen and oxygen atoms in total. The van der Waals surface area contributed by atoms with Gasteiger partial charge in [-0.15, -0.1) is 0 Å². The second-order valence-corrected chi connectivity index (χ2v) is 2.99. The summed E-state index contributed by atoms with van der Waals surface area (Å²) in [5.41, 5.74) is 0.475. The number of nitro benzene ring substituents is 1. The summed E-state index contributed by atoms with van der Waals surface area (Å²) in [5.74, 6) is -0.545. The Kier molecular flexibility index (Phi) is 3.96. The van der Waals surface area contributed by atoms with E-state index in [1.165, 1.54) is 38.5 Å². The molecule has 1 aromatic rings. The summed E-state index contributed by atoms with van der Waals surface area (Å²) in [4.78, 5) is 21.2. The van der Waals surface area contributed by atoms with Gasteiger partial charge in [-0.2, -0.15) is 0 Å². The molecule has 0 spiro atoms. The van der Waals surface area contributed by atoms with Crippen molar-refractivity contribution < 1.29 is 19.2 Å². The Balaban J connectivity index is 2.95. The van der Waals surface area contributed by atoms with Crippen molar-refractivity contribution >= 4 is 11.7 Å². The van der Waals surface area contributed by atoms with E-state index in [1.54, 1.807) is 0 Å². The van der Waals surface area contributed by atoms with Gasteiger partial charge in [0, 0.05) is 19.2 Å². The Bertz CT molecular complexity index is 387. The molecule has 1 atom stereocenters. The molecular formula is C10H11NO5. The Morgan fingerprint density at radius 2 is 1.88 bits per heavy atom. The maximum Gasteiger partial charge on any atom is 0.339 e. The predicted octanol–water partition coefficient (Wildman–Crippen LogP) is 1.46. The lowest BCUT2D eigenvalue weighted by Gasteiger charge is -2.12. The molecule has 0 amide bonds. The molecule has 0 N–H and O–H groups in total. The second kappa shape index (κ2) is 5.22. The Labute approximate surface area is 91.9 Å². The van der Waals surface area contributed by atoms with Crippen LogP contribution >= 0.6 is 0 Å². The molecule has 0 aliphatic rings. The fourth-order valence-electron chi connectivity index (χ4n) is 1.25. The summed E-state index contributed by atoms with van der Waals surface area (Å²) in [7, 11) is 2.61. The van der Waals surface area contributed by atoms with Crippen molar-refractivity contribution in [1.82, 2.24) is 0 Å². The lowest BCUT2D eigenvalue weighted by Crippen LogP contribution is -2.15. The van der Waals surface area contributed by atoms with Crippen LogP contribution in [0.25, 0.3) is 0 Å². The average Bonchev–Trinajstić information content (AvgIpc) is 2.30. The van der Waals surface area contributed by atoms with Gasteiger partial charge < -0.3 is 9.47 Å². The Morgan fingerprint density at radius 1 is 1.31 bits per heavy atom. The van der Waals surface area contributed by atoms with E-state index in [0.29, 0.717) is 5.56 Å². The number of hydrogen-bond acceptors (Lipinski definition) is 5. The summed E-state index contributed by atoms with van der Waals surface area (Å²) in [6.45, 7) is 0. The van der Waals surface area contributed by atoms with Crippen LogP contribution in [0.3, 0.4) is 0 Å². The van der Waals surface area contributed by atoms with Crippen LogP contribution in [-0.2, 0) is 14.3 Å². The molecule has 0 saturated heterocycles. The topological polar surface area (TPSA) is 78.7 Å². The number of carbonyl (C=O) groups is 1. The highest BCUT2D eigenvalue weighted by molar-refractivity contribution is 5.76. The molecule has 0 saturated carbocycles. The first kappa shape index (κ1) is 12.1. The number of nitro groups is 1. The molecule has 1 rings (SSSR count). The lowest BCUT2D eigenvalue weighted by atomic mass is 10.1. The van der Waals surface area contributed by atoms with Crippen LogP contribution in [0.5, 0.6) is 0 Å². The SMILES string of the molecule is COC(=O)C(OC)c1ccc([N+](=O)[O-])cc1. The van der Waals surface area contributed by atoms with E-state index < -0.39 is 17.0 Å². The third kappa shape index (κ3) is 2.54. The molecule has 0 bridgehead atoms. The van der Waals surface area contributed by atoms with Crippen LogP contribution in [0.1, 0.15) is 11.7 Å². The van der Waals surface area contributed by atoms with Gasteiger partial charge in [0.05, 0.1) is 12.0 Å². The van der Waals surface area contributed by atoms with Gasteiger partial charge in [-0.3, -0.25) is 10.1 Å². The predicted molar refractivity (Wildman–Crippen MR) is 54.9 cm³/mol. The van der Waals surface area contributed by atoms with E-state index in [1.807, 2.05) is 0 Å². The number of benzene rings is 1. The van der Waals surface area contributed by atoms with Crippen LogP contribution in [0.15, 0.2) is 24.3 Å². The molecule has 86 valence electrons. The van der Waals surface area contributed by atoms with Crippen LogP contribution in [0, 0.1) is 10.1 Å². The summed E-state index contributed by atoms with van der Waals surface area (Å²) in [6.07, 6.45) is -0.856. The molecule has 0 fully saturated rings. The minimum Gasteiger partial charge on any atom is -0.467 e. The van der Waals surface area contributed by atoms with E-state index in [4.69, 9.17) is 4.74 Å². The molecule has 0 aromatic heterocycles. The highest BCUT2D eigenvalue weighted by Crippen LogP contribution is 2.21. The van der Waals surface area contributed by atoms with Crippen LogP contribution in [-0.4, -0.2) is 25.1 Å². The first-order valence-electron chi connectivity index (χ1n) is 4.45. The van der Waals surface area contributed by atoms with Gasteiger partial charge in [-0.05, 0) is 17.7 Å². The molecule has 0 radical (unpaired) electrons. The fourth-order valence-corrected chi connectivity index (χ4v) is 1.25. The zero-order valence-electron chi connectivity index (χ0n) is 8.88. The first-order valence-corrected chi connectivity index (χ1v) is 4.45. The van der Waals surface area contributed by atoms with Gasteiger partial charge >= 0.3 is 5.97 Å². The fraction of sp³-hybridized carbons (Fsp3) is 0.300. The van der Waals surface area contributed by atoms with Crippen LogP contribution in [0.2, 0.25) is 0 Å². The van der Waals surface area contributed by atoms with Gasteiger partial charge in [-0.25, -0.2) is 4.79 Å². The Morgan fingerprint density at radius 3 is 2.25 bits per heavy atom. The van der Waals surface area contributed by atoms with E-state index in [-0.39, 0.29) is 5.69 Å². The lowest BCUT2D eigenvalue weighted by molar-refractivity contribution is -0.384. The summed E-state index contributed by atoms with van der Waals surface area (Å²) < 4.78 is 9.48. The van der Waals surface area contributed by atoms with Crippen molar-refractivity contribution in [3.05, 3.63) is 39.9 Å². The maximum atomic E-state index is 11.3. The van der Waals surface area contributed by atoms with Gasteiger partial charge in [0.15, 0.2) is 6.10 Å². The largest absolute Gasteiger partial charge is 0.467 e. The smallest absolute Gasteiger partial charge is 0.339 e. The second-order valence-electron chi connectivity index (χ2n) is 2.99. The number of carbonyl (C=O) groups excluding carboxylic acids is 1. The first-order chi connectivity index (χ1) is 7.60. The average molecular weight is 225 g/mol. The number of methoxy groups -OCH3 is 2. The van der Waals surface area contributed by atoms with Crippen molar-refractivity contribution in [2.45, 2.75) is 6.10 Å². The summed E-state index contributed by atoms with van der Waals surface area (Å²) >= 11 is 0. The van der Waals surface area contributed by atoms with Crippen LogP contribution in [0.4, 0.5) is 5.69 Å². The number of hydrogen-bond donors (Lipinski definition) is 0. The highest BCUT2D eigenvalue weighted by Gasteiger charge is 2.21. The van der Waals surface area contributed by atoms with Crippen molar-refractivity contribution in [2.24, 2.45) is 0 Å². The zero-order valence-corrected chi connectivity index (χ0v) is 8.88. The number of nitrogens with zero attached hydrogens (tertiary/aromatic N) is 1. The molecule has 0 heterocycles. The minimum atomic E-state index is -0.856. The highest BCUT2D eigenvalue weighted by atomic mass is 16.6. The number of esters is 1. The monoisotopic (exact) mass is 225 g/mol. The maximum absolute atomic E-state index is 11.3. The quantitative estimate of drug-likeness (QED) is 0.440. The van der Waals surface area contributed by atoms with Crippen LogP contribution < -0.4 is 0 Å². The number of rotatable bonds is 4. The van der Waals surface area contributed by atoms with E-state index in [9.17, 15) is 14.9 Å². The molecule has 0 aliphatic heterocycles. The molecule has 1 unspecified atom stereocenters. The minimum absolute atomic E-state index is 0.0385. The molecular weight excluding hydrogens is 214 g/mol. The van der Waals surface area contributed by atoms with Gasteiger partial charge in [-0.1, -0.05) is 0 Å². The number of non-ortho nitro benzene ring substituents is 1.